The number of aromatic nitrogens is 3. The summed E-state index contributed by atoms with van der Waals surface area (Å²) < 4.78 is 7.84. The van der Waals surface area contributed by atoms with Crippen molar-refractivity contribution in [3.63, 3.8) is 0 Å². The van der Waals surface area contributed by atoms with Crippen molar-refractivity contribution in [1.29, 1.82) is 0 Å². The fraction of sp³-hybridized carbons (Fsp3) is 0.867. The lowest BCUT2D eigenvalue weighted by Gasteiger charge is -2.30. The summed E-state index contributed by atoms with van der Waals surface area (Å²) in [6, 6.07) is 0. The molecule has 1 heterocycles. The summed E-state index contributed by atoms with van der Waals surface area (Å²) in [7, 11) is 0. The molecule has 1 fully saturated rings. The molecule has 0 amide bonds. The second-order valence-corrected chi connectivity index (χ2v) is 6.31. The maximum absolute atomic E-state index is 5.89. The van der Waals surface area contributed by atoms with Crippen LogP contribution in [0.25, 0.3) is 0 Å². The molecule has 114 valence electrons. The topological polar surface area (TPSA) is 66.0 Å². The van der Waals surface area contributed by atoms with Gasteiger partial charge in [0.25, 0.3) is 0 Å². The molecule has 2 N–H and O–H groups in total. The minimum absolute atomic E-state index is 0.556. The summed E-state index contributed by atoms with van der Waals surface area (Å²) in [6.45, 7) is 7.41. The van der Waals surface area contributed by atoms with E-state index in [9.17, 15) is 0 Å². The first kappa shape index (κ1) is 15.4. The van der Waals surface area contributed by atoms with Gasteiger partial charge in [-0.25, -0.2) is 9.67 Å². The zero-order valence-electron chi connectivity index (χ0n) is 12.8. The maximum Gasteiger partial charge on any atom is 0.152 e. The van der Waals surface area contributed by atoms with Crippen LogP contribution in [0.3, 0.4) is 0 Å². The molecule has 0 bridgehead atoms. The predicted molar refractivity (Wildman–Crippen MR) is 79.0 cm³/mol. The van der Waals surface area contributed by atoms with Gasteiger partial charge in [0.2, 0.25) is 0 Å². The summed E-state index contributed by atoms with van der Waals surface area (Å²) in [5.74, 6) is 2.75. The molecular weight excluding hydrogens is 252 g/mol. The molecule has 1 saturated carbocycles. The number of hydrogen-bond acceptors (Lipinski definition) is 4. The summed E-state index contributed by atoms with van der Waals surface area (Å²) in [4.78, 5) is 4.29. The van der Waals surface area contributed by atoms with Crippen molar-refractivity contribution in [3.8, 4) is 0 Å². The van der Waals surface area contributed by atoms with E-state index in [-0.39, 0.29) is 0 Å². The first-order chi connectivity index (χ1) is 9.70. The predicted octanol–water partition coefficient (Wildman–Crippen LogP) is 2.22. The van der Waals surface area contributed by atoms with E-state index in [0.29, 0.717) is 24.4 Å². The Bertz CT molecular complexity index is 391. The summed E-state index contributed by atoms with van der Waals surface area (Å²) in [5.41, 5.74) is 5.86. The lowest BCUT2D eigenvalue weighted by Crippen LogP contribution is -2.30. The van der Waals surface area contributed by atoms with E-state index in [4.69, 9.17) is 10.5 Å². The zero-order chi connectivity index (χ0) is 14.4. The van der Waals surface area contributed by atoms with E-state index in [2.05, 4.69) is 23.9 Å². The van der Waals surface area contributed by atoms with Gasteiger partial charge in [-0.2, -0.15) is 5.10 Å². The van der Waals surface area contributed by atoms with Crippen molar-refractivity contribution in [2.75, 3.05) is 13.2 Å². The first-order valence-electron chi connectivity index (χ1n) is 7.85. The van der Waals surface area contributed by atoms with Gasteiger partial charge in [0.15, 0.2) is 5.82 Å². The molecule has 0 aromatic carbocycles. The van der Waals surface area contributed by atoms with Crippen LogP contribution in [0.5, 0.6) is 0 Å². The second-order valence-electron chi connectivity index (χ2n) is 6.31. The van der Waals surface area contributed by atoms with Crippen LogP contribution in [0.15, 0.2) is 6.33 Å². The maximum atomic E-state index is 5.89. The first-order valence-corrected chi connectivity index (χ1v) is 7.85. The molecule has 5 nitrogen and oxygen atoms in total. The van der Waals surface area contributed by atoms with E-state index in [1.807, 2.05) is 4.68 Å². The Balaban J connectivity index is 1.79. The summed E-state index contributed by atoms with van der Waals surface area (Å²) in [5, 5.41) is 4.26. The number of ether oxygens (including phenoxy) is 1. The Morgan fingerprint density at radius 1 is 1.35 bits per heavy atom. The fourth-order valence-corrected chi connectivity index (χ4v) is 3.01. The number of nitrogens with zero attached hydrogens (tertiary/aromatic N) is 3. The SMILES string of the molecule is CC(C)Cn1ncnc1COCC1CCCCC1CN. The quantitative estimate of drug-likeness (QED) is 0.831. The molecule has 20 heavy (non-hydrogen) atoms. The second kappa shape index (κ2) is 7.74. The fourth-order valence-electron chi connectivity index (χ4n) is 3.01. The molecule has 1 aliphatic carbocycles. The largest absolute Gasteiger partial charge is 0.373 e. The Labute approximate surface area is 121 Å². The van der Waals surface area contributed by atoms with Crippen molar-refractivity contribution < 1.29 is 4.74 Å². The molecule has 1 aromatic heterocycles. The molecule has 2 unspecified atom stereocenters. The van der Waals surface area contributed by atoms with E-state index >= 15 is 0 Å². The highest BCUT2D eigenvalue weighted by molar-refractivity contribution is 4.82. The lowest BCUT2D eigenvalue weighted by molar-refractivity contribution is 0.0460. The van der Waals surface area contributed by atoms with Crippen LogP contribution in [-0.4, -0.2) is 27.9 Å². The minimum Gasteiger partial charge on any atom is -0.373 e. The molecule has 1 aliphatic rings. The van der Waals surface area contributed by atoms with Crippen molar-refractivity contribution >= 4 is 0 Å². The van der Waals surface area contributed by atoms with Gasteiger partial charge in [-0.15, -0.1) is 0 Å². The summed E-state index contributed by atoms with van der Waals surface area (Å²) >= 11 is 0. The highest BCUT2D eigenvalue weighted by atomic mass is 16.5. The van der Waals surface area contributed by atoms with Gasteiger partial charge in [0.05, 0.1) is 6.61 Å². The Morgan fingerprint density at radius 3 is 2.80 bits per heavy atom. The van der Waals surface area contributed by atoms with Crippen LogP contribution in [0.1, 0.15) is 45.4 Å². The molecule has 0 aliphatic heterocycles. The monoisotopic (exact) mass is 280 g/mol. The Hall–Kier alpha value is -0.940. The minimum atomic E-state index is 0.556. The third-order valence-corrected chi connectivity index (χ3v) is 4.17. The van der Waals surface area contributed by atoms with Gasteiger partial charge in [-0.3, -0.25) is 0 Å². The number of nitrogens with two attached hydrogens (primary N) is 1. The molecule has 0 radical (unpaired) electrons. The van der Waals surface area contributed by atoms with Crippen molar-refractivity contribution in [1.82, 2.24) is 14.8 Å². The van der Waals surface area contributed by atoms with Crippen molar-refractivity contribution in [3.05, 3.63) is 12.2 Å². The van der Waals surface area contributed by atoms with Crippen molar-refractivity contribution in [2.24, 2.45) is 23.5 Å². The molecule has 0 saturated heterocycles. The number of hydrogen-bond donors (Lipinski definition) is 1. The smallest absolute Gasteiger partial charge is 0.152 e. The lowest BCUT2D eigenvalue weighted by atomic mass is 9.80. The molecule has 2 rings (SSSR count). The number of rotatable bonds is 7. The third kappa shape index (κ3) is 4.28. The highest BCUT2D eigenvalue weighted by Crippen LogP contribution is 2.29. The van der Waals surface area contributed by atoms with Crippen LogP contribution in [0.4, 0.5) is 0 Å². The molecular formula is C15H28N4O. The molecule has 1 aromatic rings. The molecule has 0 spiro atoms. The molecule has 2 atom stereocenters. The van der Waals surface area contributed by atoms with Gasteiger partial charge < -0.3 is 10.5 Å². The Morgan fingerprint density at radius 2 is 2.10 bits per heavy atom. The van der Waals surface area contributed by atoms with Crippen LogP contribution in [-0.2, 0) is 17.9 Å². The summed E-state index contributed by atoms with van der Waals surface area (Å²) in [6.07, 6.45) is 6.76. The van der Waals surface area contributed by atoms with E-state index in [1.54, 1.807) is 6.33 Å². The van der Waals surface area contributed by atoms with E-state index in [1.165, 1.54) is 25.7 Å². The average Bonchev–Trinajstić information content (AvgIpc) is 2.86. The van der Waals surface area contributed by atoms with Crippen LogP contribution >= 0.6 is 0 Å². The molecule has 5 heteroatoms. The third-order valence-electron chi connectivity index (χ3n) is 4.17. The van der Waals surface area contributed by atoms with Gasteiger partial charge in [0.1, 0.15) is 12.9 Å². The van der Waals surface area contributed by atoms with Crippen LogP contribution in [0, 0.1) is 17.8 Å². The average molecular weight is 280 g/mol. The van der Waals surface area contributed by atoms with E-state index < -0.39 is 0 Å². The van der Waals surface area contributed by atoms with Crippen LogP contribution in [0.2, 0.25) is 0 Å². The van der Waals surface area contributed by atoms with Crippen LogP contribution < -0.4 is 5.73 Å². The standard InChI is InChI=1S/C15H28N4O/c1-12(2)8-19-15(17-11-18-19)10-20-9-14-6-4-3-5-13(14)7-16/h11-14H,3-10,16H2,1-2H3. The highest BCUT2D eigenvalue weighted by Gasteiger charge is 2.24. The van der Waals surface area contributed by atoms with Gasteiger partial charge in [-0.1, -0.05) is 26.7 Å². The normalized spacial score (nSPS) is 23.4. The Kier molecular flexibility index (Phi) is 5.98. The van der Waals surface area contributed by atoms with E-state index in [0.717, 1.165) is 25.5 Å². The van der Waals surface area contributed by atoms with Crippen molar-refractivity contribution in [2.45, 2.75) is 52.7 Å². The van der Waals surface area contributed by atoms with Gasteiger partial charge in [0, 0.05) is 6.54 Å². The van der Waals surface area contributed by atoms with Gasteiger partial charge >= 0.3 is 0 Å². The zero-order valence-corrected chi connectivity index (χ0v) is 12.8. The van der Waals surface area contributed by atoms with Gasteiger partial charge in [-0.05, 0) is 37.1 Å².